The first-order valence-electron chi connectivity index (χ1n) is 5.10. The lowest BCUT2D eigenvalue weighted by Gasteiger charge is -2.07. The third-order valence-corrected chi connectivity index (χ3v) is 2.61. The van der Waals surface area contributed by atoms with Gasteiger partial charge in [0.05, 0.1) is 5.02 Å². The molecule has 1 aromatic carbocycles. The molecule has 5 heteroatoms. The Morgan fingerprint density at radius 1 is 1.41 bits per heavy atom. The van der Waals surface area contributed by atoms with Crippen molar-refractivity contribution >= 4 is 23.4 Å². The van der Waals surface area contributed by atoms with Crippen molar-refractivity contribution in [2.45, 2.75) is 19.8 Å². The first-order valence-corrected chi connectivity index (χ1v) is 5.48. The van der Waals surface area contributed by atoms with Crippen molar-refractivity contribution in [3.05, 3.63) is 34.6 Å². The molecule has 0 radical (unpaired) electrons. The van der Waals surface area contributed by atoms with E-state index in [4.69, 9.17) is 16.7 Å². The molecule has 17 heavy (non-hydrogen) atoms. The molecule has 0 saturated heterocycles. The van der Waals surface area contributed by atoms with Crippen molar-refractivity contribution in [3.8, 4) is 0 Å². The van der Waals surface area contributed by atoms with Gasteiger partial charge in [-0.25, -0.2) is 4.39 Å². The average molecular weight is 259 g/mol. The van der Waals surface area contributed by atoms with Gasteiger partial charge in [0.1, 0.15) is 5.82 Å². The van der Waals surface area contributed by atoms with Crippen molar-refractivity contribution in [2.24, 2.45) is 5.92 Å². The van der Waals surface area contributed by atoms with Gasteiger partial charge in [-0.15, -0.1) is 0 Å². The molecule has 0 heterocycles. The van der Waals surface area contributed by atoms with Crippen molar-refractivity contribution in [3.63, 3.8) is 0 Å². The SMILES string of the molecule is C[C@@H](CC(=O)O)CC(=O)c1ccc(Cl)c(F)c1. The highest BCUT2D eigenvalue weighted by Gasteiger charge is 2.15. The Hall–Kier alpha value is -1.42. The number of hydrogen-bond donors (Lipinski definition) is 1. The van der Waals surface area contributed by atoms with Crippen molar-refractivity contribution in [1.82, 2.24) is 0 Å². The third-order valence-electron chi connectivity index (χ3n) is 2.30. The van der Waals surface area contributed by atoms with Crippen LogP contribution in [-0.2, 0) is 4.79 Å². The number of ketones is 1. The topological polar surface area (TPSA) is 54.4 Å². The number of rotatable bonds is 5. The molecule has 0 aliphatic heterocycles. The molecule has 1 atom stereocenters. The van der Waals surface area contributed by atoms with Gasteiger partial charge in [-0.3, -0.25) is 9.59 Å². The number of hydrogen-bond acceptors (Lipinski definition) is 2. The Kier molecular flexibility index (Phi) is 4.63. The van der Waals surface area contributed by atoms with Gasteiger partial charge in [-0.05, 0) is 24.1 Å². The molecular weight excluding hydrogens is 247 g/mol. The number of aliphatic carboxylic acids is 1. The van der Waals surface area contributed by atoms with Crippen LogP contribution in [0.25, 0.3) is 0 Å². The molecule has 1 aromatic rings. The maximum Gasteiger partial charge on any atom is 0.303 e. The maximum absolute atomic E-state index is 13.1. The summed E-state index contributed by atoms with van der Waals surface area (Å²) in [5.41, 5.74) is 0.212. The summed E-state index contributed by atoms with van der Waals surface area (Å²) in [6.07, 6.45) is -0.00478. The van der Waals surface area contributed by atoms with Crippen molar-refractivity contribution in [2.75, 3.05) is 0 Å². The van der Waals surface area contributed by atoms with Gasteiger partial charge in [0.2, 0.25) is 0 Å². The summed E-state index contributed by atoms with van der Waals surface area (Å²) in [7, 11) is 0. The second-order valence-electron chi connectivity index (χ2n) is 3.96. The molecule has 0 fully saturated rings. The van der Waals surface area contributed by atoms with E-state index in [0.29, 0.717) is 0 Å². The van der Waals surface area contributed by atoms with Gasteiger partial charge in [-0.2, -0.15) is 0 Å². The van der Waals surface area contributed by atoms with Crippen LogP contribution in [0.4, 0.5) is 4.39 Å². The number of carboxylic acid groups (broad SMARTS) is 1. The van der Waals surface area contributed by atoms with E-state index in [1.54, 1.807) is 6.92 Å². The Morgan fingerprint density at radius 3 is 2.59 bits per heavy atom. The number of carboxylic acids is 1. The van der Waals surface area contributed by atoms with Crippen LogP contribution in [0, 0.1) is 11.7 Å². The van der Waals surface area contributed by atoms with Crippen LogP contribution in [-0.4, -0.2) is 16.9 Å². The van der Waals surface area contributed by atoms with Crippen LogP contribution in [0.1, 0.15) is 30.1 Å². The van der Waals surface area contributed by atoms with E-state index in [0.717, 1.165) is 6.07 Å². The molecule has 0 aliphatic rings. The summed E-state index contributed by atoms with van der Waals surface area (Å²) in [5, 5.41) is 8.52. The van der Waals surface area contributed by atoms with E-state index in [2.05, 4.69) is 0 Å². The zero-order valence-electron chi connectivity index (χ0n) is 9.24. The lowest BCUT2D eigenvalue weighted by molar-refractivity contribution is -0.137. The Morgan fingerprint density at radius 2 is 2.06 bits per heavy atom. The molecule has 0 saturated carbocycles. The fourth-order valence-corrected chi connectivity index (χ4v) is 1.59. The minimum Gasteiger partial charge on any atom is -0.481 e. The van der Waals surface area contributed by atoms with Crippen LogP contribution < -0.4 is 0 Å². The van der Waals surface area contributed by atoms with Crippen LogP contribution in [0.5, 0.6) is 0 Å². The normalized spacial score (nSPS) is 12.2. The van der Waals surface area contributed by atoms with E-state index in [1.165, 1.54) is 12.1 Å². The predicted octanol–water partition coefficient (Wildman–Crippen LogP) is 3.16. The fraction of sp³-hybridized carbons (Fsp3) is 0.333. The number of carbonyl (C=O) groups is 2. The fourth-order valence-electron chi connectivity index (χ4n) is 1.47. The molecule has 1 rings (SSSR count). The molecule has 0 spiro atoms. The van der Waals surface area contributed by atoms with Crippen LogP contribution in [0.15, 0.2) is 18.2 Å². The maximum atomic E-state index is 13.1. The van der Waals surface area contributed by atoms with Gasteiger partial charge < -0.3 is 5.11 Å². The minimum atomic E-state index is -0.951. The molecule has 0 aliphatic carbocycles. The van der Waals surface area contributed by atoms with E-state index < -0.39 is 11.8 Å². The van der Waals surface area contributed by atoms with Crippen LogP contribution >= 0.6 is 11.6 Å². The first-order chi connectivity index (χ1) is 7.90. The number of benzene rings is 1. The summed E-state index contributed by atoms with van der Waals surface area (Å²) in [5.74, 6) is -2.16. The number of carbonyl (C=O) groups excluding carboxylic acids is 1. The summed E-state index contributed by atoms with van der Waals surface area (Å²) in [6.45, 7) is 1.66. The first kappa shape index (κ1) is 13.6. The van der Waals surface area contributed by atoms with Crippen molar-refractivity contribution in [1.29, 1.82) is 0 Å². The Labute approximate surface area is 103 Å². The molecule has 3 nitrogen and oxygen atoms in total. The predicted molar refractivity (Wildman–Crippen MR) is 61.8 cm³/mol. The van der Waals surface area contributed by atoms with Gasteiger partial charge in [-0.1, -0.05) is 18.5 Å². The van der Waals surface area contributed by atoms with Gasteiger partial charge in [0.15, 0.2) is 5.78 Å². The zero-order valence-corrected chi connectivity index (χ0v) is 10.00. The molecule has 0 unspecified atom stereocenters. The molecule has 92 valence electrons. The Balaban J connectivity index is 2.70. The molecule has 0 aromatic heterocycles. The lowest BCUT2D eigenvalue weighted by Crippen LogP contribution is -2.10. The zero-order chi connectivity index (χ0) is 13.0. The highest BCUT2D eigenvalue weighted by Crippen LogP contribution is 2.18. The molecule has 0 bridgehead atoms. The second-order valence-corrected chi connectivity index (χ2v) is 4.37. The van der Waals surface area contributed by atoms with Gasteiger partial charge >= 0.3 is 5.97 Å². The standard InChI is InChI=1S/C12H12ClFO3/c1-7(5-12(16)17)4-11(15)8-2-3-9(13)10(14)6-8/h2-3,6-7H,4-5H2,1H3,(H,16,17)/t7-/m1/s1. The smallest absolute Gasteiger partial charge is 0.303 e. The summed E-state index contributed by atoms with van der Waals surface area (Å²) < 4.78 is 13.1. The quantitative estimate of drug-likeness (QED) is 0.826. The number of Topliss-reactive ketones (excluding diaryl/α,β-unsaturated/α-hetero) is 1. The van der Waals surface area contributed by atoms with Crippen LogP contribution in [0.3, 0.4) is 0 Å². The average Bonchev–Trinajstić information content (AvgIpc) is 2.20. The molecular formula is C12H12ClFO3. The largest absolute Gasteiger partial charge is 0.481 e. The van der Waals surface area contributed by atoms with Crippen molar-refractivity contribution < 1.29 is 19.1 Å². The summed E-state index contributed by atoms with van der Waals surface area (Å²) >= 11 is 5.50. The second kappa shape index (κ2) is 5.77. The Bertz CT molecular complexity index is 445. The highest BCUT2D eigenvalue weighted by molar-refractivity contribution is 6.30. The van der Waals surface area contributed by atoms with E-state index in [1.807, 2.05) is 0 Å². The van der Waals surface area contributed by atoms with E-state index in [-0.39, 0.29) is 35.1 Å². The van der Waals surface area contributed by atoms with E-state index >= 15 is 0 Å². The monoisotopic (exact) mass is 258 g/mol. The third kappa shape index (κ3) is 4.15. The molecule has 1 N–H and O–H groups in total. The lowest BCUT2D eigenvalue weighted by atomic mass is 9.97. The summed E-state index contributed by atoms with van der Waals surface area (Å²) in [6, 6.07) is 3.81. The molecule has 0 amide bonds. The van der Waals surface area contributed by atoms with Gasteiger partial charge in [0, 0.05) is 18.4 Å². The van der Waals surface area contributed by atoms with E-state index in [9.17, 15) is 14.0 Å². The highest BCUT2D eigenvalue weighted by atomic mass is 35.5. The minimum absolute atomic E-state index is 0.0415. The van der Waals surface area contributed by atoms with Gasteiger partial charge in [0.25, 0.3) is 0 Å². The summed E-state index contributed by atoms with van der Waals surface area (Å²) in [4.78, 5) is 22.1. The van der Waals surface area contributed by atoms with Crippen LogP contribution in [0.2, 0.25) is 5.02 Å². The number of halogens is 2.